The number of thiophene rings is 1. The van der Waals surface area contributed by atoms with Crippen molar-refractivity contribution < 1.29 is 9.59 Å². The minimum Gasteiger partial charge on any atom is -0.369 e. The Morgan fingerprint density at radius 3 is 2.57 bits per heavy atom. The molecule has 0 spiro atoms. The maximum atomic E-state index is 12.6. The van der Waals surface area contributed by atoms with E-state index in [0.29, 0.717) is 6.42 Å². The van der Waals surface area contributed by atoms with Crippen LogP contribution in [0.4, 0.5) is 0 Å². The van der Waals surface area contributed by atoms with Gasteiger partial charge in [-0.3, -0.25) is 9.59 Å². The number of hydrogen-bond donors (Lipinski definition) is 1. The topological polar surface area (TPSA) is 63.4 Å². The van der Waals surface area contributed by atoms with Gasteiger partial charge in [-0.25, -0.2) is 0 Å². The predicted molar refractivity (Wildman–Crippen MR) is 83.4 cm³/mol. The first-order valence-electron chi connectivity index (χ1n) is 7.85. The molecular weight excluding hydrogens is 284 g/mol. The van der Waals surface area contributed by atoms with Crippen LogP contribution >= 0.6 is 11.3 Å². The van der Waals surface area contributed by atoms with Crippen LogP contribution in [0, 0.1) is 5.92 Å². The highest BCUT2D eigenvalue weighted by Gasteiger charge is 2.27. The van der Waals surface area contributed by atoms with Gasteiger partial charge in [-0.15, -0.1) is 11.3 Å². The van der Waals surface area contributed by atoms with Crippen molar-refractivity contribution in [3.8, 4) is 0 Å². The third-order valence-corrected chi connectivity index (χ3v) is 5.81. The van der Waals surface area contributed by atoms with Crippen molar-refractivity contribution in [1.82, 2.24) is 4.90 Å². The quantitative estimate of drug-likeness (QED) is 0.911. The monoisotopic (exact) mass is 306 g/mol. The van der Waals surface area contributed by atoms with Crippen molar-refractivity contribution in [3.63, 3.8) is 0 Å². The Balaban J connectivity index is 1.75. The molecule has 114 valence electrons. The summed E-state index contributed by atoms with van der Waals surface area (Å²) in [6.07, 6.45) is 7.08. The minimum atomic E-state index is -0.216. The number of aryl methyl sites for hydroxylation is 1. The number of hydrogen-bond acceptors (Lipinski definition) is 3. The van der Waals surface area contributed by atoms with Crippen LogP contribution in [-0.4, -0.2) is 29.8 Å². The molecule has 2 N–H and O–H groups in total. The highest BCUT2D eigenvalue weighted by Crippen LogP contribution is 2.33. The second-order valence-corrected chi connectivity index (χ2v) is 7.24. The van der Waals surface area contributed by atoms with Gasteiger partial charge < -0.3 is 10.6 Å². The molecule has 0 saturated carbocycles. The smallest absolute Gasteiger partial charge is 0.263 e. The van der Waals surface area contributed by atoms with Gasteiger partial charge in [0.2, 0.25) is 5.91 Å². The Bertz CT molecular complexity index is 544. The summed E-state index contributed by atoms with van der Waals surface area (Å²) in [5, 5.41) is 0. The Labute approximate surface area is 129 Å². The lowest BCUT2D eigenvalue weighted by Crippen LogP contribution is -2.31. The molecule has 1 unspecified atom stereocenters. The van der Waals surface area contributed by atoms with Crippen LogP contribution in [0.5, 0.6) is 0 Å². The van der Waals surface area contributed by atoms with Crippen molar-refractivity contribution in [1.29, 1.82) is 0 Å². The molecule has 2 amide bonds. The first-order chi connectivity index (χ1) is 10.1. The number of carbonyl (C=O) groups excluding carboxylic acids is 2. The number of carbonyl (C=O) groups is 2. The van der Waals surface area contributed by atoms with E-state index in [4.69, 9.17) is 5.73 Å². The molecule has 1 aromatic rings. The average molecular weight is 306 g/mol. The summed E-state index contributed by atoms with van der Waals surface area (Å²) in [5.41, 5.74) is 6.57. The van der Waals surface area contributed by atoms with Gasteiger partial charge in [-0.1, -0.05) is 12.8 Å². The standard InChI is InChI=1S/C16H22N2O2S/c17-15(19)11-5-6-13-12(9-11)10-14(21-13)16(20)18-7-3-1-2-4-8-18/h10-11H,1-9H2,(H2,17,19). The lowest BCUT2D eigenvalue weighted by Gasteiger charge is -2.19. The molecular formula is C16H22N2O2S. The SMILES string of the molecule is NC(=O)C1CCc2sc(C(=O)N3CCCCCC3)cc2C1. The summed E-state index contributed by atoms with van der Waals surface area (Å²) in [6, 6.07) is 2.00. The first-order valence-corrected chi connectivity index (χ1v) is 8.67. The second kappa shape index (κ2) is 6.18. The molecule has 1 aromatic heterocycles. The molecule has 0 aromatic carbocycles. The average Bonchev–Trinajstić information content (AvgIpc) is 2.71. The summed E-state index contributed by atoms with van der Waals surface area (Å²) in [7, 11) is 0. The largest absolute Gasteiger partial charge is 0.369 e. The van der Waals surface area contributed by atoms with Gasteiger partial charge in [0.05, 0.1) is 4.88 Å². The molecule has 1 atom stereocenters. The van der Waals surface area contributed by atoms with Crippen molar-refractivity contribution in [2.75, 3.05) is 13.1 Å². The van der Waals surface area contributed by atoms with Gasteiger partial charge in [0.25, 0.3) is 5.91 Å². The summed E-state index contributed by atoms with van der Waals surface area (Å²) in [4.78, 5) is 28.1. The summed E-state index contributed by atoms with van der Waals surface area (Å²) >= 11 is 1.61. The van der Waals surface area contributed by atoms with E-state index in [1.54, 1.807) is 11.3 Å². The van der Waals surface area contributed by atoms with Gasteiger partial charge in [-0.2, -0.15) is 0 Å². The lowest BCUT2D eigenvalue weighted by atomic mass is 9.88. The summed E-state index contributed by atoms with van der Waals surface area (Å²) in [6.45, 7) is 1.76. The van der Waals surface area contributed by atoms with Crippen LogP contribution in [0.2, 0.25) is 0 Å². The fourth-order valence-corrected chi connectivity index (χ4v) is 4.48. The van der Waals surface area contributed by atoms with Crippen LogP contribution in [0.25, 0.3) is 0 Å². The highest BCUT2D eigenvalue weighted by molar-refractivity contribution is 7.14. The van der Waals surface area contributed by atoms with E-state index in [2.05, 4.69) is 0 Å². The molecule has 5 heteroatoms. The molecule has 0 bridgehead atoms. The van der Waals surface area contributed by atoms with Gasteiger partial charge in [-0.05, 0) is 43.7 Å². The Kier molecular flexibility index (Phi) is 4.29. The van der Waals surface area contributed by atoms with Crippen LogP contribution in [0.1, 0.15) is 52.2 Å². The van der Waals surface area contributed by atoms with Gasteiger partial charge in [0.15, 0.2) is 0 Å². The molecule has 21 heavy (non-hydrogen) atoms. The van der Waals surface area contributed by atoms with Crippen LogP contribution in [0.15, 0.2) is 6.07 Å². The van der Waals surface area contributed by atoms with E-state index in [-0.39, 0.29) is 17.7 Å². The van der Waals surface area contributed by atoms with Crippen LogP contribution < -0.4 is 5.73 Å². The van der Waals surface area contributed by atoms with Gasteiger partial charge >= 0.3 is 0 Å². The normalized spacial score (nSPS) is 22.5. The number of nitrogens with two attached hydrogens (primary N) is 1. The number of amides is 2. The Morgan fingerprint density at radius 2 is 1.90 bits per heavy atom. The zero-order valence-electron chi connectivity index (χ0n) is 12.3. The van der Waals surface area contributed by atoms with E-state index in [9.17, 15) is 9.59 Å². The molecule has 2 heterocycles. The van der Waals surface area contributed by atoms with E-state index in [0.717, 1.165) is 49.2 Å². The maximum Gasteiger partial charge on any atom is 0.263 e. The molecule has 0 radical (unpaired) electrons. The molecule has 4 nitrogen and oxygen atoms in total. The Morgan fingerprint density at radius 1 is 1.19 bits per heavy atom. The van der Waals surface area contributed by atoms with Crippen LogP contribution in [0.3, 0.4) is 0 Å². The minimum absolute atomic E-state index is 0.0618. The molecule has 1 aliphatic heterocycles. The number of rotatable bonds is 2. The number of primary amides is 1. The second-order valence-electron chi connectivity index (χ2n) is 6.11. The number of nitrogens with zero attached hydrogens (tertiary/aromatic N) is 1. The zero-order valence-corrected chi connectivity index (χ0v) is 13.1. The van der Waals surface area contributed by atoms with Crippen molar-refractivity contribution >= 4 is 23.2 Å². The molecule has 1 fully saturated rings. The molecule has 2 aliphatic rings. The van der Waals surface area contributed by atoms with Gasteiger partial charge in [0.1, 0.15) is 0 Å². The van der Waals surface area contributed by atoms with Crippen molar-refractivity contribution in [3.05, 3.63) is 21.4 Å². The lowest BCUT2D eigenvalue weighted by molar-refractivity contribution is -0.122. The third-order valence-electron chi connectivity index (χ3n) is 4.59. The summed E-state index contributed by atoms with van der Waals surface area (Å²) in [5.74, 6) is -0.104. The fraction of sp³-hybridized carbons (Fsp3) is 0.625. The highest BCUT2D eigenvalue weighted by atomic mass is 32.1. The van der Waals surface area contributed by atoms with E-state index in [1.165, 1.54) is 17.7 Å². The van der Waals surface area contributed by atoms with E-state index < -0.39 is 0 Å². The fourth-order valence-electron chi connectivity index (χ4n) is 3.30. The number of fused-ring (bicyclic) bond motifs is 1. The van der Waals surface area contributed by atoms with Crippen molar-refractivity contribution in [2.24, 2.45) is 11.7 Å². The summed E-state index contributed by atoms with van der Waals surface area (Å²) < 4.78 is 0. The third kappa shape index (κ3) is 3.12. The first kappa shape index (κ1) is 14.6. The molecule has 3 rings (SSSR count). The maximum absolute atomic E-state index is 12.6. The van der Waals surface area contributed by atoms with Crippen LogP contribution in [-0.2, 0) is 17.6 Å². The van der Waals surface area contributed by atoms with E-state index >= 15 is 0 Å². The van der Waals surface area contributed by atoms with Gasteiger partial charge in [0, 0.05) is 23.9 Å². The molecule has 1 saturated heterocycles. The van der Waals surface area contributed by atoms with Crippen molar-refractivity contribution in [2.45, 2.75) is 44.9 Å². The zero-order chi connectivity index (χ0) is 14.8. The predicted octanol–water partition coefficient (Wildman–Crippen LogP) is 2.35. The Hall–Kier alpha value is -1.36. The van der Waals surface area contributed by atoms with E-state index in [1.807, 2.05) is 11.0 Å². The molecule has 1 aliphatic carbocycles. The number of likely N-dealkylation sites (tertiary alicyclic amines) is 1.